The lowest BCUT2D eigenvalue weighted by Gasteiger charge is -2.24. The molecule has 0 bridgehead atoms. The molecule has 2 atom stereocenters. The van der Waals surface area contributed by atoms with E-state index in [-0.39, 0.29) is 0 Å². The van der Waals surface area contributed by atoms with Crippen molar-refractivity contribution in [3.8, 4) is 5.75 Å². The highest BCUT2D eigenvalue weighted by Gasteiger charge is 2.23. The molecule has 1 N–H and O–H groups in total. The van der Waals surface area contributed by atoms with Crippen molar-refractivity contribution in [1.82, 2.24) is 5.32 Å². The van der Waals surface area contributed by atoms with Crippen LogP contribution in [0, 0.1) is 5.92 Å². The van der Waals surface area contributed by atoms with Crippen molar-refractivity contribution < 1.29 is 9.47 Å². The first-order valence-corrected chi connectivity index (χ1v) is 8.38. The summed E-state index contributed by atoms with van der Waals surface area (Å²) >= 11 is 0. The maximum Gasteiger partial charge on any atom is 0.124 e. The fourth-order valence-corrected chi connectivity index (χ4v) is 2.85. The topological polar surface area (TPSA) is 30.5 Å². The summed E-state index contributed by atoms with van der Waals surface area (Å²) in [6, 6.07) is 8.83. The van der Waals surface area contributed by atoms with Gasteiger partial charge in [0.05, 0.1) is 6.61 Å². The Balaban J connectivity index is 2.10. The van der Waals surface area contributed by atoms with E-state index in [9.17, 15) is 0 Å². The summed E-state index contributed by atoms with van der Waals surface area (Å²) in [4.78, 5) is 0. The maximum atomic E-state index is 5.94. The molecule has 2 unspecified atom stereocenters. The third-order valence-corrected chi connectivity index (χ3v) is 3.99. The zero-order valence-corrected chi connectivity index (χ0v) is 13.4. The van der Waals surface area contributed by atoms with Gasteiger partial charge in [-0.3, -0.25) is 0 Å². The third kappa shape index (κ3) is 5.01. The van der Waals surface area contributed by atoms with Gasteiger partial charge in [0.15, 0.2) is 0 Å². The van der Waals surface area contributed by atoms with Crippen molar-refractivity contribution in [3.05, 3.63) is 29.8 Å². The van der Waals surface area contributed by atoms with E-state index in [4.69, 9.17) is 9.47 Å². The van der Waals surface area contributed by atoms with Crippen LogP contribution in [-0.2, 0) is 4.74 Å². The standard InChI is InChI=1S/C18H29NO2/c1-3-10-19-17(13-15-9-12-20-14-15)16-7-5-6-8-18(16)21-11-4-2/h5-8,15,17,19H,3-4,9-14H2,1-2H3. The number of para-hydroxylation sites is 1. The summed E-state index contributed by atoms with van der Waals surface area (Å²) in [6.45, 7) is 8.00. The fraction of sp³-hybridized carbons (Fsp3) is 0.667. The zero-order chi connectivity index (χ0) is 14.9. The van der Waals surface area contributed by atoms with Crippen molar-refractivity contribution in [1.29, 1.82) is 0 Å². The van der Waals surface area contributed by atoms with Gasteiger partial charge in [-0.25, -0.2) is 0 Å². The lowest BCUT2D eigenvalue weighted by Crippen LogP contribution is -2.25. The lowest BCUT2D eigenvalue weighted by atomic mass is 9.93. The van der Waals surface area contributed by atoms with Crippen LogP contribution in [0.1, 0.15) is 51.1 Å². The molecule has 1 aromatic carbocycles. The van der Waals surface area contributed by atoms with Crippen LogP contribution in [0.25, 0.3) is 0 Å². The first-order chi connectivity index (χ1) is 10.3. The average Bonchev–Trinajstić information content (AvgIpc) is 3.03. The molecular formula is C18H29NO2. The first-order valence-electron chi connectivity index (χ1n) is 8.38. The van der Waals surface area contributed by atoms with Crippen molar-refractivity contribution in [3.63, 3.8) is 0 Å². The van der Waals surface area contributed by atoms with E-state index >= 15 is 0 Å². The van der Waals surface area contributed by atoms with Crippen LogP contribution in [0.15, 0.2) is 24.3 Å². The molecular weight excluding hydrogens is 262 g/mol. The second-order valence-corrected chi connectivity index (χ2v) is 5.86. The van der Waals surface area contributed by atoms with E-state index in [1.165, 1.54) is 12.0 Å². The number of nitrogens with one attached hydrogen (secondary N) is 1. The molecule has 0 amide bonds. The van der Waals surface area contributed by atoms with E-state index in [0.717, 1.165) is 51.4 Å². The van der Waals surface area contributed by atoms with Gasteiger partial charge in [-0.05, 0) is 44.2 Å². The Kier molecular flexibility index (Phi) is 7.04. The van der Waals surface area contributed by atoms with Gasteiger partial charge in [0.1, 0.15) is 5.75 Å². The van der Waals surface area contributed by atoms with Gasteiger partial charge in [0, 0.05) is 24.8 Å². The summed E-state index contributed by atoms with van der Waals surface area (Å²) in [6.07, 6.45) is 4.50. The molecule has 0 radical (unpaired) electrons. The number of rotatable bonds is 9. The molecule has 1 fully saturated rings. The molecule has 0 aromatic heterocycles. The van der Waals surface area contributed by atoms with Crippen molar-refractivity contribution in [2.45, 2.75) is 45.6 Å². The van der Waals surface area contributed by atoms with E-state index < -0.39 is 0 Å². The second kappa shape index (κ2) is 9.06. The van der Waals surface area contributed by atoms with Gasteiger partial charge in [0.25, 0.3) is 0 Å². The summed E-state index contributed by atoms with van der Waals surface area (Å²) in [7, 11) is 0. The molecule has 0 aliphatic carbocycles. The minimum absolute atomic E-state index is 0.365. The molecule has 3 heteroatoms. The van der Waals surface area contributed by atoms with Crippen LogP contribution >= 0.6 is 0 Å². The van der Waals surface area contributed by atoms with E-state index in [1.807, 2.05) is 0 Å². The molecule has 1 aromatic rings. The maximum absolute atomic E-state index is 5.94. The number of benzene rings is 1. The molecule has 1 aliphatic rings. The molecule has 3 nitrogen and oxygen atoms in total. The lowest BCUT2D eigenvalue weighted by molar-refractivity contribution is 0.181. The van der Waals surface area contributed by atoms with E-state index in [2.05, 4.69) is 43.4 Å². The van der Waals surface area contributed by atoms with Crippen molar-refractivity contribution in [2.24, 2.45) is 5.92 Å². The van der Waals surface area contributed by atoms with Crippen LogP contribution in [-0.4, -0.2) is 26.4 Å². The molecule has 1 heterocycles. The van der Waals surface area contributed by atoms with Crippen LogP contribution in [0.4, 0.5) is 0 Å². The third-order valence-electron chi connectivity index (χ3n) is 3.99. The zero-order valence-electron chi connectivity index (χ0n) is 13.4. The predicted octanol–water partition coefficient (Wildman–Crippen LogP) is 3.94. The number of ether oxygens (including phenoxy) is 2. The van der Waals surface area contributed by atoms with Gasteiger partial charge >= 0.3 is 0 Å². The van der Waals surface area contributed by atoms with Crippen molar-refractivity contribution in [2.75, 3.05) is 26.4 Å². The largest absolute Gasteiger partial charge is 0.493 e. The number of hydrogen-bond donors (Lipinski definition) is 1. The van der Waals surface area contributed by atoms with Crippen LogP contribution in [0.5, 0.6) is 5.75 Å². The smallest absolute Gasteiger partial charge is 0.124 e. The fourth-order valence-electron chi connectivity index (χ4n) is 2.85. The quantitative estimate of drug-likeness (QED) is 0.747. The highest BCUT2D eigenvalue weighted by Crippen LogP contribution is 2.32. The normalized spacial score (nSPS) is 19.6. The second-order valence-electron chi connectivity index (χ2n) is 5.86. The van der Waals surface area contributed by atoms with Gasteiger partial charge in [-0.15, -0.1) is 0 Å². The van der Waals surface area contributed by atoms with Crippen LogP contribution in [0.2, 0.25) is 0 Å². The highest BCUT2D eigenvalue weighted by molar-refractivity contribution is 5.36. The average molecular weight is 291 g/mol. The van der Waals surface area contributed by atoms with Crippen LogP contribution < -0.4 is 10.1 Å². The van der Waals surface area contributed by atoms with Gasteiger partial charge in [-0.2, -0.15) is 0 Å². The minimum Gasteiger partial charge on any atom is -0.493 e. The molecule has 0 spiro atoms. The van der Waals surface area contributed by atoms with Gasteiger partial charge < -0.3 is 14.8 Å². The van der Waals surface area contributed by atoms with Gasteiger partial charge in [-0.1, -0.05) is 32.0 Å². The number of hydrogen-bond acceptors (Lipinski definition) is 3. The Labute approximate surface area is 129 Å². The minimum atomic E-state index is 0.365. The first kappa shape index (κ1) is 16.3. The van der Waals surface area contributed by atoms with Gasteiger partial charge in [0.2, 0.25) is 0 Å². The Morgan fingerprint density at radius 1 is 1.29 bits per heavy atom. The summed E-state index contributed by atoms with van der Waals surface area (Å²) in [5, 5.41) is 3.69. The highest BCUT2D eigenvalue weighted by atomic mass is 16.5. The molecule has 0 saturated carbocycles. The molecule has 118 valence electrons. The molecule has 2 rings (SSSR count). The van der Waals surface area contributed by atoms with Crippen LogP contribution in [0.3, 0.4) is 0 Å². The summed E-state index contributed by atoms with van der Waals surface area (Å²) in [5.74, 6) is 1.70. The molecule has 1 aliphatic heterocycles. The molecule has 21 heavy (non-hydrogen) atoms. The summed E-state index contributed by atoms with van der Waals surface area (Å²) in [5.41, 5.74) is 1.30. The monoisotopic (exact) mass is 291 g/mol. The Hall–Kier alpha value is -1.06. The van der Waals surface area contributed by atoms with E-state index in [0.29, 0.717) is 12.0 Å². The van der Waals surface area contributed by atoms with Crippen molar-refractivity contribution >= 4 is 0 Å². The SMILES string of the molecule is CCCNC(CC1CCOC1)c1ccccc1OCCC. The predicted molar refractivity (Wildman–Crippen MR) is 86.8 cm³/mol. The Morgan fingerprint density at radius 3 is 2.86 bits per heavy atom. The Morgan fingerprint density at radius 2 is 2.14 bits per heavy atom. The Bertz CT molecular complexity index is 402. The summed E-state index contributed by atoms with van der Waals surface area (Å²) < 4.78 is 11.5. The van der Waals surface area contributed by atoms with E-state index in [1.54, 1.807) is 0 Å². The molecule has 1 saturated heterocycles.